The molecule has 6 aliphatic rings. The van der Waals surface area contributed by atoms with Gasteiger partial charge in [0.05, 0.1) is 24.4 Å². The van der Waals surface area contributed by atoms with E-state index in [-0.39, 0.29) is 0 Å². The smallest absolute Gasteiger partial charge is 0.147 e. The molecule has 0 spiro atoms. The lowest BCUT2D eigenvalue weighted by Crippen LogP contribution is -2.62. The van der Waals surface area contributed by atoms with Crippen LogP contribution in [0.4, 0.5) is 0 Å². The number of nitrogens with zero attached hydrogens (tertiary/aromatic N) is 1. The van der Waals surface area contributed by atoms with Crippen molar-refractivity contribution in [2.75, 3.05) is 27.2 Å². The molecule has 0 radical (unpaired) electrons. The van der Waals surface area contributed by atoms with Crippen molar-refractivity contribution in [1.29, 1.82) is 0 Å². The molecule has 5 nitrogen and oxygen atoms in total. The summed E-state index contributed by atoms with van der Waals surface area (Å²) in [5.74, 6) is 4.11. The first-order valence-corrected chi connectivity index (χ1v) is 10.4. The van der Waals surface area contributed by atoms with E-state index in [1.165, 1.54) is 45.1 Å². The van der Waals surface area contributed by atoms with E-state index in [4.69, 9.17) is 18.9 Å². The highest BCUT2D eigenvalue weighted by Gasteiger charge is 2.56. The van der Waals surface area contributed by atoms with E-state index in [2.05, 4.69) is 11.9 Å². The molecule has 6 rings (SSSR count). The number of ether oxygens (including phenoxy) is 4. The third kappa shape index (κ3) is 2.39. The molecule has 0 aromatic rings. The molecule has 5 heteroatoms. The molecule has 3 saturated heterocycles. The summed E-state index contributed by atoms with van der Waals surface area (Å²) in [7, 11) is 2.38. The van der Waals surface area contributed by atoms with Crippen LogP contribution in [0.25, 0.3) is 0 Å². The minimum atomic E-state index is 0.355. The molecule has 0 aromatic heterocycles. The Balaban J connectivity index is 1.26. The van der Waals surface area contributed by atoms with Crippen LogP contribution in [0, 0.1) is 29.6 Å². The highest BCUT2D eigenvalue weighted by Crippen LogP contribution is 2.54. The summed E-state index contributed by atoms with van der Waals surface area (Å²) in [6, 6.07) is 0.740. The largest absolute Gasteiger partial charge is 0.349 e. The lowest BCUT2D eigenvalue weighted by Gasteiger charge is -2.59. The van der Waals surface area contributed by atoms with Gasteiger partial charge in [-0.1, -0.05) is 0 Å². The third-order valence-corrected chi connectivity index (χ3v) is 8.58. The van der Waals surface area contributed by atoms with Gasteiger partial charge in [-0.2, -0.15) is 0 Å². The fourth-order valence-corrected chi connectivity index (χ4v) is 7.60. The van der Waals surface area contributed by atoms with Crippen molar-refractivity contribution in [3.63, 3.8) is 0 Å². The van der Waals surface area contributed by atoms with Gasteiger partial charge in [0, 0.05) is 12.6 Å². The number of hydrogen-bond acceptors (Lipinski definition) is 5. The zero-order valence-electron chi connectivity index (χ0n) is 15.2. The van der Waals surface area contributed by atoms with Crippen LogP contribution in [0.3, 0.4) is 0 Å². The Morgan fingerprint density at radius 3 is 1.96 bits per heavy atom. The van der Waals surface area contributed by atoms with Crippen molar-refractivity contribution in [2.45, 2.75) is 69.0 Å². The summed E-state index contributed by atoms with van der Waals surface area (Å²) in [5.41, 5.74) is 0. The maximum Gasteiger partial charge on any atom is 0.147 e. The van der Waals surface area contributed by atoms with Crippen molar-refractivity contribution in [3.05, 3.63) is 0 Å². The molecule has 25 heavy (non-hydrogen) atoms. The Kier molecular flexibility index (Phi) is 3.73. The normalized spacial score (nSPS) is 58.0. The molecule has 140 valence electrons. The quantitative estimate of drug-likeness (QED) is 0.671. The first-order chi connectivity index (χ1) is 12.3. The van der Waals surface area contributed by atoms with Crippen LogP contribution in [0.2, 0.25) is 0 Å². The lowest BCUT2D eigenvalue weighted by molar-refractivity contribution is -0.115. The number of hydrogen-bond donors (Lipinski definition) is 0. The summed E-state index contributed by atoms with van der Waals surface area (Å²) < 4.78 is 23.5. The molecular formula is C20H31NO4. The number of piperidine rings is 1. The minimum Gasteiger partial charge on any atom is -0.349 e. The van der Waals surface area contributed by atoms with Gasteiger partial charge in [0.1, 0.15) is 13.6 Å². The van der Waals surface area contributed by atoms with E-state index >= 15 is 0 Å². The second kappa shape index (κ2) is 5.90. The molecule has 0 aromatic carbocycles. The summed E-state index contributed by atoms with van der Waals surface area (Å²) in [5, 5.41) is 0. The summed E-state index contributed by atoms with van der Waals surface area (Å²) in [6.45, 7) is 2.28. The topological polar surface area (TPSA) is 40.2 Å². The first kappa shape index (κ1) is 15.8. The highest BCUT2D eigenvalue weighted by molar-refractivity contribution is 5.06. The molecule has 6 fully saturated rings. The van der Waals surface area contributed by atoms with Crippen molar-refractivity contribution in [3.8, 4) is 0 Å². The summed E-state index contributed by atoms with van der Waals surface area (Å²) in [4.78, 5) is 2.72. The van der Waals surface area contributed by atoms with Gasteiger partial charge in [0.25, 0.3) is 0 Å². The van der Waals surface area contributed by atoms with Gasteiger partial charge in [0.15, 0.2) is 0 Å². The van der Waals surface area contributed by atoms with Gasteiger partial charge >= 0.3 is 0 Å². The average Bonchev–Trinajstić information content (AvgIpc) is 3.25. The van der Waals surface area contributed by atoms with Crippen molar-refractivity contribution < 1.29 is 18.9 Å². The molecule has 10 unspecified atom stereocenters. The van der Waals surface area contributed by atoms with Gasteiger partial charge in [-0.3, -0.25) is 0 Å². The second-order valence-corrected chi connectivity index (χ2v) is 9.52. The molecule has 3 saturated carbocycles. The van der Waals surface area contributed by atoms with Gasteiger partial charge in [-0.15, -0.1) is 0 Å². The number of fused-ring (bicyclic) bond motifs is 7. The van der Waals surface area contributed by atoms with Crippen LogP contribution < -0.4 is 0 Å². The average molecular weight is 349 g/mol. The predicted octanol–water partition coefficient (Wildman–Crippen LogP) is 2.25. The molecule has 0 bridgehead atoms. The van der Waals surface area contributed by atoms with Gasteiger partial charge < -0.3 is 23.8 Å². The zero-order valence-corrected chi connectivity index (χ0v) is 15.2. The summed E-state index contributed by atoms with van der Waals surface area (Å²) >= 11 is 0. The lowest BCUT2D eigenvalue weighted by atomic mass is 9.55. The first-order valence-electron chi connectivity index (χ1n) is 10.4. The molecule has 3 aliphatic heterocycles. The second-order valence-electron chi connectivity index (χ2n) is 9.52. The number of likely N-dealkylation sites (tertiary alicyclic amines) is 1. The van der Waals surface area contributed by atoms with Crippen LogP contribution in [-0.4, -0.2) is 62.5 Å². The van der Waals surface area contributed by atoms with Crippen molar-refractivity contribution in [2.24, 2.45) is 29.6 Å². The predicted molar refractivity (Wildman–Crippen MR) is 90.8 cm³/mol. The van der Waals surface area contributed by atoms with E-state index in [1.54, 1.807) is 0 Å². The Labute approximate surface area is 150 Å². The van der Waals surface area contributed by atoms with E-state index in [0.717, 1.165) is 35.6 Å². The Hall–Kier alpha value is -0.200. The molecule has 3 heterocycles. The molecule has 10 atom stereocenters. The van der Waals surface area contributed by atoms with Gasteiger partial charge in [-0.05, 0) is 75.2 Å². The number of rotatable bonds is 0. The Bertz CT molecular complexity index is 530. The maximum atomic E-state index is 5.91. The molecule has 0 amide bonds. The molecule has 3 aliphatic carbocycles. The van der Waals surface area contributed by atoms with Gasteiger partial charge in [-0.25, -0.2) is 0 Å². The van der Waals surface area contributed by atoms with E-state index in [9.17, 15) is 0 Å². The third-order valence-electron chi connectivity index (χ3n) is 8.58. The highest BCUT2D eigenvalue weighted by atomic mass is 16.7. The maximum absolute atomic E-state index is 5.91. The zero-order chi connectivity index (χ0) is 16.5. The van der Waals surface area contributed by atoms with E-state index < -0.39 is 0 Å². The van der Waals surface area contributed by atoms with Crippen LogP contribution in [0.1, 0.15) is 38.5 Å². The Morgan fingerprint density at radius 1 is 0.640 bits per heavy atom. The minimum absolute atomic E-state index is 0.355. The van der Waals surface area contributed by atoms with Crippen molar-refractivity contribution in [1.82, 2.24) is 4.90 Å². The van der Waals surface area contributed by atoms with Crippen molar-refractivity contribution >= 4 is 0 Å². The van der Waals surface area contributed by atoms with Gasteiger partial charge in [0.2, 0.25) is 0 Å². The standard InChI is InChI=1S/C20H31NO4/c1-21-8-12-5-17-18(24-10-23-17)6-14(12)13-3-2-11-4-16-19(25-9-22-16)7-15(11)20(13)21/h11-20H,2-10H2,1H3. The molecule has 0 N–H and O–H groups in total. The SMILES string of the molecule is CN1CC2CC3OCOC3CC2C2CCC3CC4OCOC4CC3C21. The van der Waals surface area contributed by atoms with Crippen LogP contribution in [-0.2, 0) is 18.9 Å². The van der Waals surface area contributed by atoms with Crippen LogP contribution in [0.15, 0.2) is 0 Å². The van der Waals surface area contributed by atoms with E-state index in [0.29, 0.717) is 38.0 Å². The monoisotopic (exact) mass is 349 g/mol. The molecular weight excluding hydrogens is 318 g/mol. The summed E-state index contributed by atoms with van der Waals surface area (Å²) in [6.07, 6.45) is 9.12. The Morgan fingerprint density at radius 2 is 1.24 bits per heavy atom. The van der Waals surface area contributed by atoms with Crippen LogP contribution in [0.5, 0.6) is 0 Å². The fraction of sp³-hybridized carbons (Fsp3) is 1.00. The van der Waals surface area contributed by atoms with Crippen LogP contribution >= 0.6 is 0 Å². The van der Waals surface area contributed by atoms with E-state index in [1.807, 2.05) is 0 Å². The fourth-order valence-electron chi connectivity index (χ4n) is 7.60.